The van der Waals surface area contributed by atoms with Gasteiger partial charge < -0.3 is 5.73 Å². The molecule has 0 spiro atoms. The summed E-state index contributed by atoms with van der Waals surface area (Å²) < 4.78 is 0. The lowest BCUT2D eigenvalue weighted by Crippen LogP contribution is -2.52. The maximum Gasteiger partial charge on any atom is 0.0136 e. The zero-order chi connectivity index (χ0) is 9.97. The van der Waals surface area contributed by atoms with Gasteiger partial charge in [-0.25, -0.2) is 0 Å². The van der Waals surface area contributed by atoms with Gasteiger partial charge in [-0.1, -0.05) is 0 Å². The van der Waals surface area contributed by atoms with Crippen LogP contribution in [0.15, 0.2) is 0 Å². The fourth-order valence-corrected chi connectivity index (χ4v) is 3.43. The standard InChI is InChI=1S/C11H22N2S/c1-14-10-4-6-13(7-5-10)11-3-2-9(11)8-12/h9-11H,2-8,12H2,1H3. The number of thioether (sulfide) groups is 1. The van der Waals surface area contributed by atoms with Gasteiger partial charge in [-0.05, 0) is 57.5 Å². The summed E-state index contributed by atoms with van der Waals surface area (Å²) in [6, 6.07) is 0.836. The second-order valence-electron chi connectivity index (χ2n) is 4.61. The lowest BCUT2D eigenvalue weighted by molar-refractivity contribution is 0.0526. The van der Waals surface area contributed by atoms with Gasteiger partial charge in [0.15, 0.2) is 0 Å². The molecule has 2 rings (SSSR count). The van der Waals surface area contributed by atoms with Gasteiger partial charge in [-0.2, -0.15) is 11.8 Å². The highest BCUT2D eigenvalue weighted by atomic mass is 32.2. The molecule has 2 fully saturated rings. The van der Waals surface area contributed by atoms with Crippen LogP contribution in [-0.2, 0) is 0 Å². The fraction of sp³-hybridized carbons (Fsp3) is 1.00. The minimum absolute atomic E-state index is 0.806. The van der Waals surface area contributed by atoms with Crippen molar-refractivity contribution >= 4 is 11.8 Å². The van der Waals surface area contributed by atoms with Crippen molar-refractivity contribution < 1.29 is 0 Å². The molecule has 0 amide bonds. The molecule has 3 heteroatoms. The zero-order valence-corrected chi connectivity index (χ0v) is 9.93. The monoisotopic (exact) mass is 214 g/mol. The van der Waals surface area contributed by atoms with Gasteiger partial charge in [-0.3, -0.25) is 4.90 Å². The molecule has 0 aromatic heterocycles. The van der Waals surface area contributed by atoms with Crippen LogP contribution in [0.5, 0.6) is 0 Å². The lowest BCUT2D eigenvalue weighted by atomic mass is 9.78. The van der Waals surface area contributed by atoms with Crippen LogP contribution < -0.4 is 5.73 Å². The number of hydrogen-bond donors (Lipinski definition) is 1. The van der Waals surface area contributed by atoms with E-state index in [-0.39, 0.29) is 0 Å². The molecular weight excluding hydrogens is 192 g/mol. The van der Waals surface area contributed by atoms with Crippen molar-refractivity contribution in [3.05, 3.63) is 0 Å². The highest BCUT2D eigenvalue weighted by Gasteiger charge is 2.35. The Labute approximate surface area is 91.6 Å². The van der Waals surface area contributed by atoms with Crippen LogP contribution in [0.3, 0.4) is 0 Å². The molecule has 1 saturated heterocycles. The smallest absolute Gasteiger partial charge is 0.0136 e. The highest BCUT2D eigenvalue weighted by Crippen LogP contribution is 2.34. The Hall–Kier alpha value is 0.270. The van der Waals surface area contributed by atoms with E-state index in [9.17, 15) is 0 Å². The number of nitrogens with two attached hydrogens (primary N) is 1. The molecule has 0 aromatic rings. The summed E-state index contributed by atoms with van der Waals surface area (Å²) >= 11 is 2.04. The van der Waals surface area contributed by atoms with Gasteiger partial charge in [0.05, 0.1) is 0 Å². The Balaban J connectivity index is 1.77. The van der Waals surface area contributed by atoms with Crippen LogP contribution in [0.4, 0.5) is 0 Å². The summed E-state index contributed by atoms with van der Waals surface area (Å²) in [5, 5.41) is 0.919. The molecule has 1 aliphatic heterocycles. The van der Waals surface area contributed by atoms with E-state index >= 15 is 0 Å². The molecule has 2 nitrogen and oxygen atoms in total. The van der Waals surface area contributed by atoms with Gasteiger partial charge in [0.1, 0.15) is 0 Å². The van der Waals surface area contributed by atoms with Crippen molar-refractivity contribution in [2.45, 2.75) is 37.0 Å². The minimum Gasteiger partial charge on any atom is -0.330 e. The predicted molar refractivity (Wildman–Crippen MR) is 63.7 cm³/mol. The van der Waals surface area contributed by atoms with E-state index in [0.29, 0.717) is 0 Å². The van der Waals surface area contributed by atoms with Gasteiger partial charge in [0, 0.05) is 11.3 Å². The maximum absolute atomic E-state index is 5.75. The third kappa shape index (κ3) is 2.10. The first kappa shape index (κ1) is 10.8. The third-order valence-electron chi connectivity index (χ3n) is 3.96. The summed E-state index contributed by atoms with van der Waals surface area (Å²) in [4.78, 5) is 2.69. The number of piperidine rings is 1. The first-order valence-corrected chi connectivity index (χ1v) is 7.11. The molecule has 1 heterocycles. The van der Waals surface area contributed by atoms with Gasteiger partial charge in [0.2, 0.25) is 0 Å². The van der Waals surface area contributed by atoms with Crippen LogP contribution in [0.1, 0.15) is 25.7 Å². The normalized spacial score (nSPS) is 35.6. The Bertz CT molecular complexity index is 176. The average molecular weight is 214 g/mol. The van der Waals surface area contributed by atoms with Crippen LogP contribution >= 0.6 is 11.8 Å². The molecule has 2 aliphatic rings. The van der Waals surface area contributed by atoms with Crippen molar-refractivity contribution in [3.8, 4) is 0 Å². The quantitative estimate of drug-likeness (QED) is 0.773. The van der Waals surface area contributed by atoms with Gasteiger partial charge in [0.25, 0.3) is 0 Å². The molecule has 1 aliphatic carbocycles. The second-order valence-corrected chi connectivity index (χ2v) is 5.75. The van der Waals surface area contributed by atoms with Crippen molar-refractivity contribution in [1.82, 2.24) is 4.90 Å². The Kier molecular flexibility index (Phi) is 3.74. The maximum atomic E-state index is 5.75. The fourth-order valence-electron chi connectivity index (χ4n) is 2.75. The minimum atomic E-state index is 0.806. The van der Waals surface area contributed by atoms with E-state index < -0.39 is 0 Å². The topological polar surface area (TPSA) is 29.3 Å². The van der Waals surface area contributed by atoms with E-state index in [0.717, 1.165) is 23.8 Å². The average Bonchev–Trinajstić information content (AvgIpc) is 2.18. The summed E-state index contributed by atoms with van der Waals surface area (Å²) in [6.07, 6.45) is 7.77. The van der Waals surface area contributed by atoms with Crippen molar-refractivity contribution in [2.75, 3.05) is 25.9 Å². The molecule has 1 saturated carbocycles. The summed E-state index contributed by atoms with van der Waals surface area (Å²) in [5.41, 5.74) is 5.75. The van der Waals surface area contributed by atoms with Crippen LogP contribution in [0.25, 0.3) is 0 Å². The van der Waals surface area contributed by atoms with Crippen molar-refractivity contribution in [2.24, 2.45) is 11.7 Å². The Morgan fingerprint density at radius 3 is 2.36 bits per heavy atom. The largest absolute Gasteiger partial charge is 0.330 e. The van der Waals surface area contributed by atoms with Gasteiger partial charge >= 0.3 is 0 Å². The summed E-state index contributed by atoms with van der Waals surface area (Å²) in [6.45, 7) is 3.52. The molecule has 2 unspecified atom stereocenters. The number of hydrogen-bond acceptors (Lipinski definition) is 3. The molecule has 2 N–H and O–H groups in total. The van der Waals surface area contributed by atoms with Crippen LogP contribution in [0, 0.1) is 5.92 Å². The molecule has 82 valence electrons. The van der Waals surface area contributed by atoms with E-state index in [2.05, 4.69) is 11.2 Å². The molecule has 0 aromatic carbocycles. The SMILES string of the molecule is CSC1CCN(C2CCC2CN)CC1. The molecule has 0 radical (unpaired) electrons. The molecule has 0 bridgehead atoms. The number of nitrogens with zero attached hydrogens (tertiary/aromatic N) is 1. The lowest BCUT2D eigenvalue weighted by Gasteiger charge is -2.46. The Morgan fingerprint density at radius 1 is 1.21 bits per heavy atom. The van der Waals surface area contributed by atoms with E-state index in [1.54, 1.807) is 0 Å². The zero-order valence-electron chi connectivity index (χ0n) is 9.11. The van der Waals surface area contributed by atoms with Crippen molar-refractivity contribution in [3.63, 3.8) is 0 Å². The molecular formula is C11H22N2S. The Morgan fingerprint density at radius 2 is 1.93 bits per heavy atom. The van der Waals surface area contributed by atoms with Gasteiger partial charge in [-0.15, -0.1) is 0 Å². The first-order chi connectivity index (χ1) is 6.85. The third-order valence-corrected chi connectivity index (χ3v) is 5.10. The van der Waals surface area contributed by atoms with Crippen LogP contribution in [0.2, 0.25) is 0 Å². The summed E-state index contributed by atoms with van der Waals surface area (Å²) in [5.74, 6) is 0.806. The number of likely N-dealkylation sites (tertiary alicyclic amines) is 1. The highest BCUT2D eigenvalue weighted by molar-refractivity contribution is 7.99. The van der Waals surface area contributed by atoms with Crippen molar-refractivity contribution in [1.29, 1.82) is 0 Å². The summed E-state index contributed by atoms with van der Waals surface area (Å²) in [7, 11) is 0. The van der Waals surface area contributed by atoms with E-state index in [4.69, 9.17) is 5.73 Å². The molecule has 14 heavy (non-hydrogen) atoms. The van der Waals surface area contributed by atoms with E-state index in [1.165, 1.54) is 38.8 Å². The molecule has 2 atom stereocenters. The van der Waals surface area contributed by atoms with E-state index in [1.807, 2.05) is 11.8 Å². The second kappa shape index (κ2) is 4.86. The van der Waals surface area contributed by atoms with Crippen LogP contribution in [-0.4, -0.2) is 42.1 Å². The first-order valence-electron chi connectivity index (χ1n) is 5.82. The number of rotatable bonds is 3. The predicted octanol–water partition coefficient (Wildman–Crippen LogP) is 1.55.